The maximum atomic E-state index is 11.6. The maximum Gasteiger partial charge on any atom is 0.337 e. The highest BCUT2D eigenvalue weighted by atomic mass is 32.2. The van der Waals surface area contributed by atoms with Gasteiger partial charge in [0.1, 0.15) is 12.4 Å². The molecule has 0 fully saturated rings. The molecule has 1 atom stereocenters. The van der Waals surface area contributed by atoms with Crippen LogP contribution in [0, 0.1) is 5.92 Å². The fourth-order valence-electron chi connectivity index (χ4n) is 2.15. The Kier molecular flexibility index (Phi) is 3.45. The van der Waals surface area contributed by atoms with E-state index in [2.05, 4.69) is 10.5 Å². The fourth-order valence-corrected chi connectivity index (χ4v) is 3.29. The smallest absolute Gasteiger partial charge is 0.337 e. The highest BCUT2D eigenvalue weighted by Crippen LogP contribution is 2.36. The highest BCUT2D eigenvalue weighted by Gasteiger charge is 2.35. The summed E-state index contributed by atoms with van der Waals surface area (Å²) in [6, 6.07) is 5.34. The number of hydrogen-bond acceptors (Lipinski definition) is 6. The lowest BCUT2D eigenvalue weighted by atomic mass is 9.98. The number of carbonyl (C=O) groups excluding carboxylic acids is 2. The second-order valence-electron chi connectivity index (χ2n) is 4.40. The van der Waals surface area contributed by atoms with E-state index in [1.54, 1.807) is 23.9 Å². The van der Waals surface area contributed by atoms with Crippen LogP contribution in [-0.4, -0.2) is 37.1 Å². The Labute approximate surface area is 119 Å². The van der Waals surface area contributed by atoms with Crippen LogP contribution in [0.2, 0.25) is 0 Å². The van der Waals surface area contributed by atoms with E-state index in [-0.39, 0.29) is 18.4 Å². The Balaban J connectivity index is 1.88. The van der Waals surface area contributed by atoms with Crippen molar-refractivity contribution in [3.63, 3.8) is 0 Å². The molecule has 0 saturated heterocycles. The van der Waals surface area contributed by atoms with Gasteiger partial charge in [-0.3, -0.25) is 4.79 Å². The number of carbonyl (C=O) groups is 2. The van der Waals surface area contributed by atoms with Crippen LogP contribution in [0.4, 0.5) is 0 Å². The first-order valence-corrected chi connectivity index (χ1v) is 7.02. The molecule has 0 aliphatic carbocycles. The van der Waals surface area contributed by atoms with Gasteiger partial charge in [0.25, 0.3) is 0 Å². The minimum Gasteiger partial charge on any atom is -0.425 e. The predicted molar refractivity (Wildman–Crippen MR) is 72.8 cm³/mol. The number of esters is 1. The van der Waals surface area contributed by atoms with Crippen LogP contribution in [0.5, 0.6) is 5.75 Å². The molecule has 20 heavy (non-hydrogen) atoms. The molecule has 1 unspecified atom stereocenters. The molecule has 3 rings (SSSR count). The topological polar surface area (TPSA) is 77.0 Å². The normalized spacial score (nSPS) is 19.8. The summed E-state index contributed by atoms with van der Waals surface area (Å²) in [5.74, 6) is 0.335. The third kappa shape index (κ3) is 2.30. The Bertz CT molecular complexity index is 614. The van der Waals surface area contributed by atoms with Gasteiger partial charge >= 0.3 is 5.97 Å². The van der Waals surface area contributed by atoms with Gasteiger partial charge in [-0.1, -0.05) is 0 Å². The summed E-state index contributed by atoms with van der Waals surface area (Å²) in [6.45, 7) is -0.102. The van der Waals surface area contributed by atoms with Crippen molar-refractivity contribution in [2.75, 3.05) is 19.5 Å². The number of fused-ring (bicyclic) bond motifs is 3. The first-order valence-electron chi connectivity index (χ1n) is 6.03. The summed E-state index contributed by atoms with van der Waals surface area (Å²) >= 11 is 1.60. The summed E-state index contributed by atoms with van der Waals surface area (Å²) in [7, 11) is 1.43. The third-order valence-electron chi connectivity index (χ3n) is 3.06. The van der Waals surface area contributed by atoms with E-state index in [1.807, 2.05) is 6.07 Å². The molecular weight excluding hydrogens is 280 g/mol. The van der Waals surface area contributed by atoms with Gasteiger partial charge in [0, 0.05) is 23.3 Å². The van der Waals surface area contributed by atoms with Crippen molar-refractivity contribution < 1.29 is 19.1 Å². The summed E-state index contributed by atoms with van der Waals surface area (Å²) in [4.78, 5) is 24.1. The zero-order valence-corrected chi connectivity index (χ0v) is 11.5. The van der Waals surface area contributed by atoms with Crippen LogP contribution in [0.15, 0.2) is 28.2 Å². The van der Waals surface area contributed by atoms with Gasteiger partial charge in [-0.15, -0.1) is 11.8 Å². The number of amides is 1. The molecule has 0 aromatic heterocycles. The van der Waals surface area contributed by atoms with Crippen molar-refractivity contribution in [2.45, 2.75) is 4.90 Å². The Morgan fingerprint density at radius 3 is 3.20 bits per heavy atom. The number of hydrogen-bond donors (Lipinski definition) is 1. The van der Waals surface area contributed by atoms with Gasteiger partial charge in [0.15, 0.2) is 0 Å². The van der Waals surface area contributed by atoms with Gasteiger partial charge in [-0.05, 0) is 18.2 Å². The molecule has 104 valence electrons. The molecule has 0 radical (unpaired) electrons. The average Bonchev–Trinajstić information content (AvgIpc) is 2.81. The Morgan fingerprint density at radius 1 is 1.55 bits per heavy atom. The Hall–Kier alpha value is -1.86. The summed E-state index contributed by atoms with van der Waals surface area (Å²) in [6.07, 6.45) is 0. The van der Waals surface area contributed by atoms with Crippen LogP contribution in [0.3, 0.4) is 0 Å². The lowest BCUT2D eigenvalue weighted by molar-refractivity contribution is -0.138. The molecule has 7 heteroatoms. The quantitative estimate of drug-likeness (QED) is 0.658. The first-order chi connectivity index (χ1) is 9.69. The molecule has 1 N–H and O–H groups in total. The number of hydrazone groups is 1. The molecule has 0 spiro atoms. The van der Waals surface area contributed by atoms with Crippen LogP contribution >= 0.6 is 11.8 Å². The molecule has 2 aliphatic rings. The third-order valence-corrected chi connectivity index (χ3v) is 4.23. The molecule has 2 aliphatic heterocycles. The monoisotopic (exact) mass is 292 g/mol. The molecule has 2 heterocycles. The predicted octanol–water partition coefficient (Wildman–Crippen LogP) is 0.794. The minimum atomic E-state index is -0.463. The van der Waals surface area contributed by atoms with Gasteiger partial charge in [0.2, 0.25) is 5.91 Å². The SMILES string of the molecule is COCC(=O)Oc1ccc2c(c1)C1=NNC(=O)C1CS2. The van der Waals surface area contributed by atoms with Gasteiger partial charge in [0.05, 0.1) is 11.6 Å². The van der Waals surface area contributed by atoms with Crippen molar-refractivity contribution in [2.24, 2.45) is 11.0 Å². The number of rotatable bonds is 3. The van der Waals surface area contributed by atoms with E-state index in [4.69, 9.17) is 9.47 Å². The van der Waals surface area contributed by atoms with Crippen LogP contribution < -0.4 is 10.2 Å². The number of benzene rings is 1. The Morgan fingerprint density at radius 2 is 2.40 bits per heavy atom. The molecule has 1 amide bonds. The molecule has 6 nitrogen and oxygen atoms in total. The van der Waals surface area contributed by atoms with Crippen molar-refractivity contribution in [1.29, 1.82) is 0 Å². The minimum absolute atomic E-state index is 0.0834. The van der Waals surface area contributed by atoms with E-state index in [9.17, 15) is 9.59 Å². The lowest BCUT2D eigenvalue weighted by Gasteiger charge is -2.20. The van der Waals surface area contributed by atoms with Gasteiger partial charge in [-0.2, -0.15) is 5.10 Å². The van der Waals surface area contributed by atoms with Crippen LogP contribution in [-0.2, 0) is 14.3 Å². The molecule has 0 saturated carbocycles. The number of nitrogens with one attached hydrogen (secondary N) is 1. The van der Waals surface area contributed by atoms with E-state index < -0.39 is 5.97 Å². The van der Waals surface area contributed by atoms with E-state index >= 15 is 0 Å². The van der Waals surface area contributed by atoms with Crippen LogP contribution in [0.25, 0.3) is 0 Å². The van der Waals surface area contributed by atoms with Crippen molar-refractivity contribution in [1.82, 2.24) is 5.43 Å². The lowest BCUT2D eigenvalue weighted by Crippen LogP contribution is -2.28. The van der Waals surface area contributed by atoms with Crippen molar-refractivity contribution in [3.8, 4) is 5.75 Å². The van der Waals surface area contributed by atoms with E-state index in [0.717, 1.165) is 10.5 Å². The number of ether oxygens (including phenoxy) is 2. The highest BCUT2D eigenvalue weighted by molar-refractivity contribution is 7.99. The van der Waals surface area contributed by atoms with E-state index in [1.165, 1.54) is 7.11 Å². The zero-order chi connectivity index (χ0) is 14.1. The standard InChI is InChI=1S/C13H12N2O4S/c1-18-5-11(16)19-7-2-3-10-8(4-7)12-9(6-20-10)13(17)15-14-12/h2-4,9H,5-6H2,1H3,(H,15,17). The van der Waals surface area contributed by atoms with Gasteiger partial charge < -0.3 is 9.47 Å². The first kappa shape index (κ1) is 13.1. The zero-order valence-electron chi connectivity index (χ0n) is 10.7. The fraction of sp³-hybridized carbons (Fsp3) is 0.308. The maximum absolute atomic E-state index is 11.6. The number of nitrogens with zero attached hydrogens (tertiary/aromatic N) is 1. The second kappa shape index (κ2) is 5.26. The number of thioether (sulfide) groups is 1. The van der Waals surface area contributed by atoms with E-state index in [0.29, 0.717) is 17.2 Å². The van der Waals surface area contributed by atoms with Crippen LogP contribution in [0.1, 0.15) is 5.56 Å². The largest absolute Gasteiger partial charge is 0.425 e. The molecule has 1 aromatic carbocycles. The molecule has 1 aromatic rings. The van der Waals surface area contributed by atoms with Gasteiger partial charge in [-0.25, -0.2) is 10.2 Å². The summed E-state index contributed by atoms with van der Waals surface area (Å²) in [5, 5.41) is 4.08. The molecule has 0 bridgehead atoms. The van der Waals surface area contributed by atoms with Crippen molar-refractivity contribution >= 4 is 29.4 Å². The summed E-state index contributed by atoms with van der Waals surface area (Å²) in [5.41, 5.74) is 4.05. The van der Waals surface area contributed by atoms with Crippen molar-refractivity contribution in [3.05, 3.63) is 23.8 Å². The summed E-state index contributed by atoms with van der Waals surface area (Å²) < 4.78 is 9.88. The molecular formula is C13H12N2O4S. The average molecular weight is 292 g/mol. The number of methoxy groups -OCH3 is 1. The second-order valence-corrected chi connectivity index (χ2v) is 5.46.